The summed E-state index contributed by atoms with van der Waals surface area (Å²) < 4.78 is 10.1. The molecule has 0 unspecified atom stereocenters. The van der Waals surface area contributed by atoms with Crippen molar-refractivity contribution in [2.45, 2.75) is 6.92 Å². The number of nitrogens with zero attached hydrogens (tertiary/aromatic N) is 5. The molecule has 0 aliphatic rings. The highest BCUT2D eigenvalue weighted by molar-refractivity contribution is 9.10. The highest BCUT2D eigenvalue weighted by Gasteiger charge is 2.23. The summed E-state index contributed by atoms with van der Waals surface area (Å²) in [7, 11) is 2.73. The Balaban J connectivity index is 2.63. The van der Waals surface area contributed by atoms with Gasteiger partial charge in [-0.3, -0.25) is 25.0 Å². The second-order valence-corrected chi connectivity index (χ2v) is 7.11. The molecule has 0 atom stereocenters. The van der Waals surface area contributed by atoms with E-state index >= 15 is 0 Å². The van der Waals surface area contributed by atoms with E-state index in [1.54, 1.807) is 0 Å². The van der Waals surface area contributed by atoms with Crippen LogP contribution in [-0.4, -0.2) is 36.4 Å². The fourth-order valence-corrected chi connectivity index (χ4v) is 2.88. The van der Waals surface area contributed by atoms with Crippen molar-refractivity contribution in [3.63, 3.8) is 0 Å². The van der Waals surface area contributed by atoms with Crippen LogP contribution in [0.15, 0.2) is 56.1 Å². The number of nitro groups is 2. The maximum Gasteiger partial charge on any atom is 0.304 e. The highest BCUT2D eigenvalue weighted by atomic mass is 79.9. The van der Waals surface area contributed by atoms with Crippen LogP contribution in [0.3, 0.4) is 0 Å². The molecule has 33 heavy (non-hydrogen) atoms. The molecule has 2 aromatic rings. The Morgan fingerprint density at radius 2 is 1.82 bits per heavy atom. The van der Waals surface area contributed by atoms with Crippen molar-refractivity contribution in [2.75, 3.05) is 19.5 Å². The maximum absolute atomic E-state index is 12.0. The molecule has 0 bridgehead atoms. The van der Waals surface area contributed by atoms with Gasteiger partial charge in [-0.1, -0.05) is 6.58 Å². The van der Waals surface area contributed by atoms with Crippen molar-refractivity contribution < 1.29 is 24.1 Å². The van der Waals surface area contributed by atoms with Gasteiger partial charge < -0.3 is 14.8 Å². The van der Waals surface area contributed by atoms with Crippen LogP contribution in [0.4, 0.5) is 34.1 Å². The molecule has 0 spiro atoms. The first kappa shape index (κ1) is 25.1. The van der Waals surface area contributed by atoms with Gasteiger partial charge in [0.15, 0.2) is 12.1 Å². The summed E-state index contributed by atoms with van der Waals surface area (Å²) in [5.41, 5.74) is -0.553. The SMILES string of the molecule is C=C(C)C(=O)Nc1cc(N=COC)c(N=Nc2c(Br)cc([N+](=O)[O-])cc2[N+](=O)[O-])cc1OC. The summed E-state index contributed by atoms with van der Waals surface area (Å²) in [6.07, 6.45) is 1.11. The van der Waals surface area contributed by atoms with Gasteiger partial charge >= 0.3 is 5.69 Å². The molecule has 1 N–H and O–H groups in total. The summed E-state index contributed by atoms with van der Waals surface area (Å²) in [6, 6.07) is 4.68. The predicted molar refractivity (Wildman–Crippen MR) is 123 cm³/mol. The number of hydrogen-bond acceptors (Lipinski definition) is 10. The number of nitro benzene ring substituents is 2. The van der Waals surface area contributed by atoms with Crippen LogP contribution in [0, 0.1) is 20.2 Å². The van der Waals surface area contributed by atoms with Gasteiger partial charge in [0.2, 0.25) is 0 Å². The van der Waals surface area contributed by atoms with Gasteiger partial charge in [0, 0.05) is 17.7 Å². The molecule has 13 nitrogen and oxygen atoms in total. The molecule has 0 radical (unpaired) electrons. The number of carbonyl (C=O) groups is 1. The van der Waals surface area contributed by atoms with Crippen molar-refractivity contribution >= 4 is 62.4 Å². The molecular formula is C19H17BrN6O7. The number of rotatable bonds is 9. The molecule has 0 saturated heterocycles. The molecule has 0 heterocycles. The van der Waals surface area contributed by atoms with E-state index < -0.39 is 27.1 Å². The minimum Gasteiger partial charge on any atom is -0.494 e. The third-order valence-corrected chi connectivity index (χ3v) is 4.53. The number of non-ortho nitro benzene ring substituents is 1. The Labute approximate surface area is 195 Å². The van der Waals surface area contributed by atoms with Crippen molar-refractivity contribution in [1.82, 2.24) is 0 Å². The Hall–Kier alpha value is -4.20. The van der Waals surface area contributed by atoms with E-state index in [0.717, 1.165) is 18.5 Å². The Morgan fingerprint density at radius 1 is 1.12 bits per heavy atom. The molecule has 2 aromatic carbocycles. The lowest BCUT2D eigenvalue weighted by atomic mass is 10.2. The van der Waals surface area contributed by atoms with Gasteiger partial charge in [-0.05, 0) is 28.9 Å². The van der Waals surface area contributed by atoms with Gasteiger partial charge in [0.1, 0.15) is 11.4 Å². The lowest BCUT2D eigenvalue weighted by molar-refractivity contribution is -0.393. The molecule has 172 valence electrons. The zero-order valence-corrected chi connectivity index (χ0v) is 19.2. The van der Waals surface area contributed by atoms with E-state index in [9.17, 15) is 25.0 Å². The minimum atomic E-state index is -0.813. The molecule has 14 heteroatoms. The van der Waals surface area contributed by atoms with Gasteiger partial charge in [-0.2, -0.15) is 0 Å². The molecule has 0 aliphatic heterocycles. The minimum absolute atomic E-state index is 0.00796. The molecule has 0 aromatic heterocycles. The van der Waals surface area contributed by atoms with E-state index in [-0.39, 0.29) is 38.5 Å². The Kier molecular flexibility index (Phi) is 8.28. The second-order valence-electron chi connectivity index (χ2n) is 6.26. The van der Waals surface area contributed by atoms with Crippen molar-refractivity contribution in [1.29, 1.82) is 0 Å². The first-order valence-electron chi connectivity index (χ1n) is 8.87. The summed E-state index contributed by atoms with van der Waals surface area (Å²) in [5.74, 6) is -0.248. The van der Waals surface area contributed by atoms with Gasteiger partial charge in [-0.25, -0.2) is 4.99 Å². The van der Waals surface area contributed by atoms with E-state index in [4.69, 9.17) is 9.47 Å². The summed E-state index contributed by atoms with van der Waals surface area (Å²) in [6.45, 7) is 5.10. The van der Waals surface area contributed by atoms with Crippen molar-refractivity contribution in [3.05, 3.63) is 61.1 Å². The average molecular weight is 521 g/mol. The van der Waals surface area contributed by atoms with E-state index in [1.807, 2.05) is 0 Å². The molecule has 0 fully saturated rings. The monoisotopic (exact) mass is 520 g/mol. The van der Waals surface area contributed by atoms with Crippen LogP contribution in [0.2, 0.25) is 0 Å². The summed E-state index contributed by atoms with van der Waals surface area (Å²) in [5, 5.41) is 33.0. The van der Waals surface area contributed by atoms with Crippen LogP contribution >= 0.6 is 15.9 Å². The topological polar surface area (TPSA) is 171 Å². The van der Waals surface area contributed by atoms with Crippen LogP contribution < -0.4 is 10.1 Å². The number of ether oxygens (including phenoxy) is 2. The lowest BCUT2D eigenvalue weighted by Crippen LogP contribution is -2.12. The molecule has 1 amide bonds. The fourth-order valence-electron chi connectivity index (χ4n) is 2.36. The molecule has 2 rings (SSSR count). The third-order valence-electron chi connectivity index (χ3n) is 3.92. The van der Waals surface area contributed by atoms with Gasteiger partial charge in [-0.15, -0.1) is 10.2 Å². The number of amides is 1. The number of methoxy groups -OCH3 is 2. The van der Waals surface area contributed by atoms with E-state index in [2.05, 4.69) is 43.0 Å². The van der Waals surface area contributed by atoms with Crippen LogP contribution in [0.1, 0.15) is 6.92 Å². The predicted octanol–water partition coefficient (Wildman–Crippen LogP) is 5.51. The number of hydrogen-bond donors (Lipinski definition) is 1. The largest absolute Gasteiger partial charge is 0.494 e. The van der Waals surface area contributed by atoms with Gasteiger partial charge in [0.05, 0.1) is 46.0 Å². The zero-order chi connectivity index (χ0) is 24.7. The Morgan fingerprint density at radius 3 is 2.36 bits per heavy atom. The second kappa shape index (κ2) is 10.9. The number of nitrogens with one attached hydrogen (secondary N) is 1. The molecular weight excluding hydrogens is 504 g/mol. The smallest absolute Gasteiger partial charge is 0.304 e. The number of aliphatic imine (C=N–C) groups is 1. The number of azo groups is 1. The summed E-state index contributed by atoms with van der Waals surface area (Å²) in [4.78, 5) is 37.0. The number of benzene rings is 2. The highest BCUT2D eigenvalue weighted by Crippen LogP contribution is 2.42. The van der Waals surface area contributed by atoms with Gasteiger partial charge in [0.25, 0.3) is 11.6 Å². The van der Waals surface area contributed by atoms with Crippen molar-refractivity contribution in [3.8, 4) is 5.75 Å². The van der Waals surface area contributed by atoms with Crippen LogP contribution in [-0.2, 0) is 9.53 Å². The average Bonchev–Trinajstić information content (AvgIpc) is 2.76. The quantitative estimate of drug-likeness (QED) is 0.113. The van der Waals surface area contributed by atoms with Crippen molar-refractivity contribution in [2.24, 2.45) is 15.2 Å². The first-order valence-corrected chi connectivity index (χ1v) is 9.66. The van der Waals surface area contributed by atoms with Crippen LogP contribution in [0.5, 0.6) is 5.75 Å². The standard InChI is InChI=1S/C19H17BrN6O7/c1-10(2)19(27)22-15-7-13(21-9-32-3)14(8-17(15)33-4)23-24-18-12(20)5-11(25(28)29)6-16(18)26(30)31/h5-9H,1H2,2-4H3,(H,22,27). The fraction of sp³-hybridized carbons (Fsp3) is 0.158. The molecule has 0 saturated carbocycles. The number of anilines is 1. The normalized spacial score (nSPS) is 10.9. The number of carbonyl (C=O) groups excluding carboxylic acids is 1. The van der Waals surface area contributed by atoms with E-state index in [0.29, 0.717) is 0 Å². The number of halogens is 1. The zero-order valence-electron chi connectivity index (χ0n) is 17.6. The Bertz CT molecular complexity index is 1200. The molecule has 0 aliphatic carbocycles. The van der Waals surface area contributed by atoms with E-state index in [1.165, 1.54) is 33.3 Å². The third kappa shape index (κ3) is 6.16. The van der Waals surface area contributed by atoms with Crippen LogP contribution in [0.25, 0.3) is 0 Å². The first-order chi connectivity index (χ1) is 15.6. The lowest BCUT2D eigenvalue weighted by Gasteiger charge is -2.12. The maximum atomic E-state index is 12.0. The summed E-state index contributed by atoms with van der Waals surface area (Å²) >= 11 is 3.06.